The van der Waals surface area contributed by atoms with Gasteiger partial charge in [-0.25, -0.2) is 14.8 Å². The van der Waals surface area contributed by atoms with E-state index in [0.29, 0.717) is 12.2 Å². The number of nitrogens with one attached hydrogen (secondary N) is 1. The molecule has 1 saturated carbocycles. The van der Waals surface area contributed by atoms with Crippen molar-refractivity contribution in [2.75, 3.05) is 25.5 Å². The lowest BCUT2D eigenvalue weighted by Gasteiger charge is -2.48. The van der Waals surface area contributed by atoms with E-state index in [-0.39, 0.29) is 22.4 Å². The maximum Gasteiger partial charge on any atom is 0.322 e. The van der Waals surface area contributed by atoms with Gasteiger partial charge in [0.05, 0.1) is 30.2 Å². The Kier molecular flexibility index (Phi) is 4.56. The van der Waals surface area contributed by atoms with Crippen LogP contribution in [-0.2, 0) is 5.54 Å². The van der Waals surface area contributed by atoms with Crippen molar-refractivity contribution in [3.05, 3.63) is 53.6 Å². The smallest absolute Gasteiger partial charge is 0.322 e. The molecule has 0 bridgehead atoms. The molecule has 0 radical (unpaired) electrons. The van der Waals surface area contributed by atoms with Crippen LogP contribution in [0.5, 0.6) is 0 Å². The van der Waals surface area contributed by atoms with Gasteiger partial charge in [0.1, 0.15) is 0 Å². The van der Waals surface area contributed by atoms with Crippen molar-refractivity contribution in [2.45, 2.75) is 36.8 Å². The van der Waals surface area contributed by atoms with Crippen molar-refractivity contribution in [3.63, 3.8) is 0 Å². The van der Waals surface area contributed by atoms with Gasteiger partial charge in [0, 0.05) is 5.54 Å². The van der Waals surface area contributed by atoms with Crippen molar-refractivity contribution < 1.29 is 4.79 Å². The maximum absolute atomic E-state index is 12.6. The van der Waals surface area contributed by atoms with E-state index in [1.54, 1.807) is 17.3 Å². The topological polar surface area (TPSA) is 61.4 Å². The van der Waals surface area contributed by atoms with Gasteiger partial charge >= 0.3 is 6.03 Å². The second kappa shape index (κ2) is 6.77. The van der Waals surface area contributed by atoms with E-state index in [2.05, 4.69) is 64.6 Å². The molecule has 1 saturated heterocycles. The predicted octanol–water partition coefficient (Wildman–Crippen LogP) is 3.43. The van der Waals surface area contributed by atoms with Crippen molar-refractivity contribution in [3.8, 4) is 0 Å². The highest BCUT2D eigenvalue weighted by atomic mass is 35.5. The first-order valence-electron chi connectivity index (χ1n) is 9.24. The Morgan fingerprint density at radius 3 is 2.30 bits per heavy atom. The molecule has 2 aromatic rings. The number of carbonyl (C=O) groups excluding carboxylic acids is 1. The molecule has 1 aromatic carbocycles. The van der Waals surface area contributed by atoms with E-state index in [9.17, 15) is 4.79 Å². The van der Waals surface area contributed by atoms with Crippen LogP contribution < -0.4 is 10.2 Å². The molecule has 2 heterocycles. The van der Waals surface area contributed by atoms with Crippen LogP contribution in [-0.4, -0.2) is 47.1 Å². The van der Waals surface area contributed by atoms with Gasteiger partial charge in [-0.1, -0.05) is 30.3 Å². The Morgan fingerprint density at radius 1 is 1.07 bits per heavy atom. The fourth-order valence-electron chi connectivity index (χ4n) is 4.53. The molecule has 1 aliphatic carbocycles. The number of halogens is 1. The minimum absolute atomic E-state index is 0.00798. The van der Waals surface area contributed by atoms with Gasteiger partial charge in [-0.2, -0.15) is 0 Å². The van der Waals surface area contributed by atoms with E-state index in [0.717, 1.165) is 25.7 Å². The van der Waals surface area contributed by atoms with E-state index >= 15 is 0 Å². The molecule has 2 amide bonds. The highest BCUT2D eigenvalue weighted by Gasteiger charge is 2.50. The van der Waals surface area contributed by atoms with E-state index < -0.39 is 0 Å². The Balaban J connectivity index is 1.54. The molecular formula is C20H24ClN5O. The SMILES string of the molecule is CN(C)[C@]1(c2ccccc2)CC[C@]2(CC1)CN(c1cnc(Cl)nc1)C(=O)N2. The average molecular weight is 386 g/mol. The molecule has 1 N–H and O–H groups in total. The second-order valence-corrected chi connectivity index (χ2v) is 8.14. The highest BCUT2D eigenvalue weighted by Crippen LogP contribution is 2.46. The highest BCUT2D eigenvalue weighted by molar-refractivity contribution is 6.28. The predicted molar refractivity (Wildman–Crippen MR) is 106 cm³/mol. The number of carbonyl (C=O) groups is 1. The number of amides is 2. The van der Waals surface area contributed by atoms with Gasteiger partial charge in [0.25, 0.3) is 0 Å². The van der Waals surface area contributed by atoms with Gasteiger partial charge in [0.15, 0.2) is 0 Å². The first-order chi connectivity index (χ1) is 12.9. The number of hydrogen-bond acceptors (Lipinski definition) is 4. The number of anilines is 1. The van der Waals surface area contributed by atoms with Crippen LogP contribution in [0.2, 0.25) is 5.28 Å². The fourth-order valence-corrected chi connectivity index (χ4v) is 4.63. The van der Waals surface area contributed by atoms with Crippen molar-refractivity contribution in [2.24, 2.45) is 0 Å². The normalized spacial score (nSPS) is 28.0. The summed E-state index contributed by atoms with van der Waals surface area (Å²) in [6, 6.07) is 10.6. The lowest BCUT2D eigenvalue weighted by molar-refractivity contribution is 0.0658. The summed E-state index contributed by atoms with van der Waals surface area (Å²) < 4.78 is 0. The first kappa shape index (κ1) is 18.2. The van der Waals surface area contributed by atoms with Gasteiger partial charge in [0.2, 0.25) is 5.28 Å². The molecule has 27 heavy (non-hydrogen) atoms. The Hall–Kier alpha value is -2.18. The van der Waals surface area contributed by atoms with Crippen LogP contribution in [0, 0.1) is 0 Å². The van der Waals surface area contributed by atoms with E-state index in [1.165, 1.54) is 5.56 Å². The first-order valence-corrected chi connectivity index (χ1v) is 9.62. The third-order valence-corrected chi connectivity index (χ3v) is 6.39. The molecular weight excluding hydrogens is 362 g/mol. The van der Waals surface area contributed by atoms with Crippen LogP contribution in [0.4, 0.5) is 10.5 Å². The summed E-state index contributed by atoms with van der Waals surface area (Å²) in [6.45, 7) is 0.634. The molecule has 7 heteroatoms. The summed E-state index contributed by atoms with van der Waals surface area (Å²) in [4.78, 5) is 24.7. The number of benzene rings is 1. The van der Waals surface area contributed by atoms with Gasteiger partial charge in [-0.3, -0.25) is 9.80 Å². The van der Waals surface area contributed by atoms with Crippen LogP contribution in [0.15, 0.2) is 42.7 Å². The molecule has 1 spiro atoms. The molecule has 1 aliphatic heterocycles. The minimum Gasteiger partial charge on any atom is -0.330 e. The van der Waals surface area contributed by atoms with Crippen molar-refractivity contribution in [1.29, 1.82) is 0 Å². The van der Waals surface area contributed by atoms with Crippen LogP contribution >= 0.6 is 11.6 Å². The standard InChI is InChI=1S/C20H24ClN5O/c1-25(2)20(15-6-4-3-5-7-15)10-8-19(9-11-20)14-26(18(27)24-19)16-12-22-17(21)23-13-16/h3-7,12-13H,8-11,14H2,1-2H3,(H,24,27)/t19-,20+. The zero-order valence-corrected chi connectivity index (χ0v) is 16.4. The summed E-state index contributed by atoms with van der Waals surface area (Å²) in [5.74, 6) is 0. The van der Waals surface area contributed by atoms with Gasteiger partial charge in [-0.15, -0.1) is 0 Å². The third kappa shape index (κ3) is 3.17. The van der Waals surface area contributed by atoms with Crippen LogP contribution in [0.1, 0.15) is 31.2 Å². The van der Waals surface area contributed by atoms with Crippen molar-refractivity contribution in [1.82, 2.24) is 20.2 Å². The number of hydrogen-bond donors (Lipinski definition) is 1. The van der Waals surface area contributed by atoms with Gasteiger partial charge < -0.3 is 5.32 Å². The zero-order chi connectivity index (χ0) is 19.1. The molecule has 2 fully saturated rings. The monoisotopic (exact) mass is 385 g/mol. The minimum atomic E-state index is -0.203. The molecule has 0 atom stereocenters. The largest absolute Gasteiger partial charge is 0.330 e. The Bertz CT molecular complexity index is 816. The third-order valence-electron chi connectivity index (χ3n) is 6.20. The lowest BCUT2D eigenvalue weighted by atomic mass is 9.69. The van der Waals surface area contributed by atoms with Crippen molar-refractivity contribution >= 4 is 23.3 Å². The van der Waals surface area contributed by atoms with E-state index in [1.807, 2.05) is 0 Å². The zero-order valence-electron chi connectivity index (χ0n) is 15.7. The molecule has 142 valence electrons. The summed E-state index contributed by atoms with van der Waals surface area (Å²) in [5, 5.41) is 3.43. The number of nitrogens with zero attached hydrogens (tertiary/aromatic N) is 4. The maximum atomic E-state index is 12.6. The summed E-state index contributed by atoms with van der Waals surface area (Å²) >= 11 is 5.77. The molecule has 0 unspecified atom stereocenters. The number of rotatable bonds is 3. The van der Waals surface area contributed by atoms with Crippen LogP contribution in [0.25, 0.3) is 0 Å². The fraction of sp³-hybridized carbons (Fsp3) is 0.450. The summed E-state index contributed by atoms with van der Waals surface area (Å²) in [6.07, 6.45) is 7.05. The summed E-state index contributed by atoms with van der Waals surface area (Å²) in [7, 11) is 4.30. The molecule has 6 nitrogen and oxygen atoms in total. The Morgan fingerprint density at radius 2 is 1.70 bits per heavy atom. The summed E-state index contributed by atoms with van der Waals surface area (Å²) in [5.41, 5.74) is 1.83. The molecule has 1 aromatic heterocycles. The molecule has 4 rings (SSSR count). The number of aromatic nitrogens is 2. The van der Waals surface area contributed by atoms with Gasteiger partial charge in [-0.05, 0) is 56.9 Å². The van der Waals surface area contributed by atoms with E-state index in [4.69, 9.17) is 11.6 Å². The lowest BCUT2D eigenvalue weighted by Crippen LogP contribution is -2.54. The Labute approximate surface area is 164 Å². The number of urea groups is 1. The molecule has 2 aliphatic rings. The second-order valence-electron chi connectivity index (χ2n) is 7.80. The quantitative estimate of drug-likeness (QED) is 0.822. The van der Waals surface area contributed by atoms with Crippen LogP contribution in [0.3, 0.4) is 0 Å². The average Bonchev–Trinajstić information content (AvgIpc) is 3.00.